The zero-order valence-corrected chi connectivity index (χ0v) is 9.28. The fourth-order valence-corrected chi connectivity index (χ4v) is 1.47. The molecule has 12 heavy (non-hydrogen) atoms. The lowest BCUT2D eigenvalue weighted by atomic mass is 10.3. The van der Waals surface area contributed by atoms with E-state index in [4.69, 9.17) is 9.47 Å². The van der Waals surface area contributed by atoms with Crippen LogP contribution in [0.5, 0.6) is 11.5 Å². The minimum Gasteiger partial charge on any atom is -0.497 e. The first-order chi connectivity index (χ1) is 5.69. The highest BCUT2D eigenvalue weighted by molar-refractivity contribution is 9.10. The molecule has 1 rings (SSSR count). The molecule has 0 saturated carbocycles. The topological polar surface area (TPSA) is 18.5 Å². The van der Waals surface area contributed by atoms with E-state index in [-0.39, 0.29) is 0 Å². The van der Waals surface area contributed by atoms with Crippen LogP contribution in [0.1, 0.15) is 0 Å². The largest absolute Gasteiger partial charge is 0.497 e. The molecule has 0 fully saturated rings. The summed E-state index contributed by atoms with van der Waals surface area (Å²) >= 11 is 7.59. The molecule has 0 atom stereocenters. The maximum Gasteiger partial charge on any atom is 0.136 e. The number of hydrogen-bond acceptors (Lipinski definition) is 3. The Morgan fingerprint density at radius 2 is 1.92 bits per heavy atom. The molecule has 0 aliphatic rings. The molecule has 0 bridgehead atoms. The van der Waals surface area contributed by atoms with Gasteiger partial charge in [-0.2, -0.15) is 0 Å². The standard InChI is InChI=1S/C8H9BrO2S/c1-10-5-3-6(9)8(12)7(4-5)11-2/h3-4,12H,1-2H3. The molecule has 0 unspecified atom stereocenters. The van der Waals surface area contributed by atoms with Crippen LogP contribution in [0.4, 0.5) is 0 Å². The van der Waals surface area contributed by atoms with Crippen LogP contribution in [-0.2, 0) is 0 Å². The van der Waals surface area contributed by atoms with Gasteiger partial charge in [-0.15, -0.1) is 12.6 Å². The summed E-state index contributed by atoms with van der Waals surface area (Å²) in [6, 6.07) is 3.62. The van der Waals surface area contributed by atoms with Crippen molar-refractivity contribution in [3.05, 3.63) is 16.6 Å². The third-order valence-electron chi connectivity index (χ3n) is 1.46. The quantitative estimate of drug-likeness (QED) is 0.812. The summed E-state index contributed by atoms with van der Waals surface area (Å²) in [5.74, 6) is 1.45. The summed E-state index contributed by atoms with van der Waals surface area (Å²) in [4.78, 5) is 0.776. The van der Waals surface area contributed by atoms with Gasteiger partial charge in [0.15, 0.2) is 0 Å². The summed E-state index contributed by atoms with van der Waals surface area (Å²) in [5, 5.41) is 0. The molecule has 4 heteroatoms. The van der Waals surface area contributed by atoms with E-state index in [0.717, 1.165) is 15.1 Å². The minimum atomic E-state index is 0.699. The smallest absolute Gasteiger partial charge is 0.136 e. The van der Waals surface area contributed by atoms with Crippen molar-refractivity contribution < 1.29 is 9.47 Å². The molecule has 1 aromatic carbocycles. The lowest BCUT2D eigenvalue weighted by Gasteiger charge is -2.07. The number of ether oxygens (including phenoxy) is 2. The molecule has 0 aliphatic carbocycles. The number of rotatable bonds is 2. The third-order valence-corrected chi connectivity index (χ3v) is 2.85. The monoisotopic (exact) mass is 248 g/mol. The summed E-state index contributed by atoms with van der Waals surface area (Å²) in [6.45, 7) is 0. The van der Waals surface area contributed by atoms with Crippen LogP contribution in [0.2, 0.25) is 0 Å². The molecular formula is C8H9BrO2S. The van der Waals surface area contributed by atoms with Crippen molar-refractivity contribution in [3.8, 4) is 11.5 Å². The van der Waals surface area contributed by atoms with Crippen molar-refractivity contribution in [3.63, 3.8) is 0 Å². The molecule has 0 N–H and O–H groups in total. The maximum atomic E-state index is 5.08. The average molecular weight is 249 g/mol. The van der Waals surface area contributed by atoms with Gasteiger partial charge in [-0.3, -0.25) is 0 Å². The molecular weight excluding hydrogens is 240 g/mol. The van der Waals surface area contributed by atoms with Crippen molar-refractivity contribution in [2.75, 3.05) is 14.2 Å². The van der Waals surface area contributed by atoms with Crippen molar-refractivity contribution in [1.29, 1.82) is 0 Å². The van der Waals surface area contributed by atoms with Gasteiger partial charge in [0.05, 0.1) is 19.1 Å². The van der Waals surface area contributed by atoms with Crippen LogP contribution in [0.25, 0.3) is 0 Å². The number of thiol groups is 1. The first-order valence-electron chi connectivity index (χ1n) is 3.29. The Balaban J connectivity index is 3.19. The van der Waals surface area contributed by atoms with Crippen molar-refractivity contribution in [1.82, 2.24) is 0 Å². The second-order valence-electron chi connectivity index (χ2n) is 2.16. The number of halogens is 1. The van der Waals surface area contributed by atoms with Crippen LogP contribution < -0.4 is 9.47 Å². The Morgan fingerprint density at radius 1 is 1.25 bits per heavy atom. The average Bonchev–Trinajstić information content (AvgIpc) is 2.09. The van der Waals surface area contributed by atoms with Crippen molar-refractivity contribution in [2.45, 2.75) is 4.90 Å². The van der Waals surface area contributed by atoms with Gasteiger partial charge in [-0.1, -0.05) is 0 Å². The van der Waals surface area contributed by atoms with Gasteiger partial charge in [0, 0.05) is 10.5 Å². The van der Waals surface area contributed by atoms with E-state index in [9.17, 15) is 0 Å². The highest BCUT2D eigenvalue weighted by Crippen LogP contribution is 2.34. The summed E-state index contributed by atoms with van der Waals surface area (Å²) < 4.78 is 11.0. The van der Waals surface area contributed by atoms with Gasteiger partial charge in [-0.05, 0) is 22.0 Å². The molecule has 0 heterocycles. The van der Waals surface area contributed by atoms with Gasteiger partial charge in [0.2, 0.25) is 0 Å². The van der Waals surface area contributed by atoms with Crippen molar-refractivity contribution >= 4 is 28.6 Å². The van der Waals surface area contributed by atoms with Crippen LogP contribution in [-0.4, -0.2) is 14.2 Å². The molecule has 0 aliphatic heterocycles. The van der Waals surface area contributed by atoms with Gasteiger partial charge in [-0.25, -0.2) is 0 Å². The zero-order chi connectivity index (χ0) is 9.14. The molecule has 0 saturated heterocycles. The second-order valence-corrected chi connectivity index (χ2v) is 3.46. The predicted octanol–water partition coefficient (Wildman–Crippen LogP) is 2.76. The van der Waals surface area contributed by atoms with Crippen LogP contribution in [0, 0.1) is 0 Å². The normalized spacial score (nSPS) is 9.67. The van der Waals surface area contributed by atoms with Crippen LogP contribution in [0.15, 0.2) is 21.5 Å². The number of methoxy groups -OCH3 is 2. The lowest BCUT2D eigenvalue weighted by molar-refractivity contribution is 0.387. The lowest BCUT2D eigenvalue weighted by Crippen LogP contribution is -1.88. The molecule has 1 aromatic rings. The Morgan fingerprint density at radius 3 is 2.42 bits per heavy atom. The van der Waals surface area contributed by atoms with E-state index in [1.807, 2.05) is 6.07 Å². The van der Waals surface area contributed by atoms with E-state index in [1.54, 1.807) is 20.3 Å². The minimum absolute atomic E-state index is 0.699. The molecule has 0 radical (unpaired) electrons. The second kappa shape index (κ2) is 4.05. The first-order valence-corrected chi connectivity index (χ1v) is 4.53. The van der Waals surface area contributed by atoms with E-state index in [0.29, 0.717) is 5.75 Å². The zero-order valence-electron chi connectivity index (χ0n) is 6.80. The molecule has 2 nitrogen and oxygen atoms in total. The third kappa shape index (κ3) is 1.87. The van der Waals surface area contributed by atoms with Gasteiger partial charge in [0.25, 0.3) is 0 Å². The summed E-state index contributed by atoms with van der Waals surface area (Å²) in [7, 11) is 3.21. The van der Waals surface area contributed by atoms with Gasteiger partial charge < -0.3 is 9.47 Å². The molecule has 0 amide bonds. The van der Waals surface area contributed by atoms with Crippen LogP contribution in [0.3, 0.4) is 0 Å². The van der Waals surface area contributed by atoms with Crippen LogP contribution >= 0.6 is 28.6 Å². The maximum absolute atomic E-state index is 5.08. The van der Waals surface area contributed by atoms with E-state index < -0.39 is 0 Å². The Labute approximate surface area is 85.4 Å². The Kier molecular flexibility index (Phi) is 3.29. The predicted molar refractivity (Wildman–Crippen MR) is 54.5 cm³/mol. The molecule has 0 spiro atoms. The highest BCUT2D eigenvalue weighted by atomic mass is 79.9. The van der Waals surface area contributed by atoms with E-state index in [2.05, 4.69) is 28.6 Å². The number of hydrogen-bond donors (Lipinski definition) is 1. The Bertz CT molecular complexity index is 289. The molecule has 66 valence electrons. The van der Waals surface area contributed by atoms with E-state index >= 15 is 0 Å². The highest BCUT2D eigenvalue weighted by Gasteiger charge is 2.05. The Hall–Kier alpha value is -0.350. The number of benzene rings is 1. The van der Waals surface area contributed by atoms with Gasteiger partial charge in [0.1, 0.15) is 11.5 Å². The fraction of sp³-hybridized carbons (Fsp3) is 0.250. The van der Waals surface area contributed by atoms with E-state index in [1.165, 1.54) is 0 Å². The van der Waals surface area contributed by atoms with Crippen molar-refractivity contribution in [2.24, 2.45) is 0 Å². The fourth-order valence-electron chi connectivity index (χ4n) is 0.824. The molecule has 0 aromatic heterocycles. The summed E-state index contributed by atoms with van der Waals surface area (Å²) in [6.07, 6.45) is 0. The first kappa shape index (κ1) is 9.74. The van der Waals surface area contributed by atoms with Gasteiger partial charge >= 0.3 is 0 Å². The summed E-state index contributed by atoms with van der Waals surface area (Å²) in [5.41, 5.74) is 0. The SMILES string of the molecule is COc1cc(Br)c(S)c(OC)c1.